The summed E-state index contributed by atoms with van der Waals surface area (Å²) in [7, 11) is -4.16. The van der Waals surface area contributed by atoms with E-state index in [-0.39, 0.29) is 40.6 Å². The van der Waals surface area contributed by atoms with Gasteiger partial charge in [-0.15, -0.1) is 4.09 Å². The van der Waals surface area contributed by atoms with Crippen LogP contribution in [-0.2, 0) is 10.0 Å². The van der Waals surface area contributed by atoms with Gasteiger partial charge in [0.05, 0.1) is 21.4 Å². The first kappa shape index (κ1) is 26.1. The van der Waals surface area contributed by atoms with E-state index < -0.39 is 45.4 Å². The van der Waals surface area contributed by atoms with Crippen molar-refractivity contribution in [1.29, 1.82) is 0 Å². The Labute approximate surface area is 208 Å². The van der Waals surface area contributed by atoms with E-state index in [1.165, 1.54) is 29.2 Å². The zero-order valence-corrected chi connectivity index (χ0v) is 20.2. The van der Waals surface area contributed by atoms with Crippen molar-refractivity contribution in [2.24, 2.45) is 5.92 Å². The van der Waals surface area contributed by atoms with E-state index in [4.69, 9.17) is 0 Å². The molecule has 3 aromatic rings. The Morgan fingerprint density at radius 2 is 1.92 bits per heavy atom. The number of amides is 2. The summed E-state index contributed by atoms with van der Waals surface area (Å²) in [5.74, 6) is -0.248. The van der Waals surface area contributed by atoms with Crippen molar-refractivity contribution >= 4 is 38.5 Å². The monoisotopic (exact) mass is 541 g/mol. The third-order valence-electron chi connectivity index (χ3n) is 6.04. The van der Waals surface area contributed by atoms with Crippen LogP contribution in [0.25, 0.3) is 11.0 Å². The van der Waals surface area contributed by atoms with Crippen molar-refractivity contribution in [2.45, 2.75) is 30.5 Å². The van der Waals surface area contributed by atoms with E-state index in [0.29, 0.717) is 10.5 Å². The number of halogens is 3. The summed E-state index contributed by atoms with van der Waals surface area (Å²) in [6, 6.07) is 5.97. The highest BCUT2D eigenvalue weighted by atomic mass is 32.2. The molecule has 0 aliphatic carbocycles. The number of carbonyl (C=O) groups excluding carboxylic acids is 1. The minimum absolute atomic E-state index is 0.0282. The summed E-state index contributed by atoms with van der Waals surface area (Å²) in [4.78, 5) is 28.5. The number of fused-ring (bicyclic) bond motifs is 1. The maximum Gasteiger partial charge on any atom is 0.405 e. The van der Waals surface area contributed by atoms with Crippen LogP contribution in [-0.4, -0.2) is 70.3 Å². The molecular formula is C21H22F3N7O5S. The largest absolute Gasteiger partial charge is 0.405 e. The lowest BCUT2D eigenvalue weighted by molar-refractivity contribution is -0.384. The fourth-order valence-electron chi connectivity index (χ4n) is 4.19. The Hall–Kier alpha value is -3.95. The fourth-order valence-corrected chi connectivity index (χ4v) is 5.44. The second-order valence-electron chi connectivity index (χ2n) is 8.42. The Kier molecular flexibility index (Phi) is 6.94. The topological polar surface area (TPSA) is 152 Å². The van der Waals surface area contributed by atoms with Gasteiger partial charge in [-0.3, -0.25) is 10.1 Å². The molecule has 0 bridgehead atoms. The first-order chi connectivity index (χ1) is 17.4. The number of aromatic nitrogens is 3. The number of urea groups is 1. The van der Waals surface area contributed by atoms with E-state index >= 15 is 0 Å². The fraction of sp³-hybridized carbons (Fsp3) is 0.381. The number of nitrogens with zero attached hydrogens (tertiary/aromatic N) is 5. The number of hydrogen-bond acceptors (Lipinski definition) is 8. The highest BCUT2D eigenvalue weighted by molar-refractivity contribution is 7.90. The number of nitrogens with one attached hydrogen (secondary N) is 2. The van der Waals surface area contributed by atoms with Gasteiger partial charge in [0, 0.05) is 19.1 Å². The van der Waals surface area contributed by atoms with Crippen molar-refractivity contribution in [3.63, 3.8) is 0 Å². The van der Waals surface area contributed by atoms with Crippen LogP contribution in [0.4, 0.5) is 29.3 Å². The van der Waals surface area contributed by atoms with Crippen molar-refractivity contribution in [1.82, 2.24) is 24.4 Å². The zero-order chi connectivity index (χ0) is 27.0. The van der Waals surface area contributed by atoms with Crippen LogP contribution in [0, 0.1) is 16.0 Å². The summed E-state index contributed by atoms with van der Waals surface area (Å²) in [6.07, 6.45) is -2.00. The smallest absolute Gasteiger partial charge is 0.374 e. The van der Waals surface area contributed by atoms with E-state index in [0.717, 1.165) is 12.4 Å². The van der Waals surface area contributed by atoms with E-state index in [2.05, 4.69) is 15.4 Å². The molecule has 1 fully saturated rings. The average molecular weight is 542 g/mol. The van der Waals surface area contributed by atoms with Crippen LogP contribution in [0.1, 0.15) is 13.3 Å². The molecule has 3 heterocycles. The van der Waals surface area contributed by atoms with Gasteiger partial charge in [0.2, 0.25) is 0 Å². The molecule has 2 aromatic heterocycles. The molecule has 16 heteroatoms. The Morgan fingerprint density at radius 1 is 1.22 bits per heavy atom. The van der Waals surface area contributed by atoms with E-state index in [1.807, 2.05) is 12.2 Å². The zero-order valence-electron chi connectivity index (χ0n) is 19.3. The number of pyridine rings is 1. The van der Waals surface area contributed by atoms with Crippen molar-refractivity contribution < 1.29 is 31.3 Å². The lowest BCUT2D eigenvalue weighted by Gasteiger charge is -2.20. The summed E-state index contributed by atoms with van der Waals surface area (Å²) >= 11 is 0. The standard InChI is InChI=1S/C21H22F3N7O5S/c1-2-13-10-29(20(32)26-12-21(22,23)24)11-16(13)28-18-15-8-27-30(19(15)25-9-17(18)31(33)34)37(35,36)14-6-4-3-5-7-14/h3-9,13,16H,2,10-12H2,1H3,(H,25,28)(H,26,32). The summed E-state index contributed by atoms with van der Waals surface area (Å²) in [6.45, 7) is 0.432. The normalized spacial score (nSPS) is 18.2. The lowest BCUT2D eigenvalue weighted by atomic mass is 10.0. The number of alkyl halides is 3. The SMILES string of the molecule is CCC1CN(C(=O)NCC(F)(F)F)CC1Nc1c([N+](=O)[O-])cnc2c1cnn2S(=O)(=O)c1ccccc1. The maximum atomic E-state index is 13.1. The summed E-state index contributed by atoms with van der Waals surface area (Å²) < 4.78 is 64.4. The molecular weight excluding hydrogens is 519 g/mol. The van der Waals surface area contributed by atoms with Crippen LogP contribution >= 0.6 is 0 Å². The molecule has 2 amide bonds. The number of nitro groups is 1. The van der Waals surface area contributed by atoms with Gasteiger partial charge < -0.3 is 15.5 Å². The minimum atomic E-state index is -4.57. The van der Waals surface area contributed by atoms with Gasteiger partial charge in [-0.2, -0.15) is 26.7 Å². The van der Waals surface area contributed by atoms with Gasteiger partial charge in [0.15, 0.2) is 5.65 Å². The predicted octanol–water partition coefficient (Wildman–Crippen LogP) is 2.97. The van der Waals surface area contributed by atoms with Crippen molar-refractivity contribution in [3.8, 4) is 0 Å². The number of carbonyl (C=O) groups is 1. The van der Waals surface area contributed by atoms with Gasteiger partial charge in [0.25, 0.3) is 10.0 Å². The molecule has 0 spiro atoms. The van der Waals surface area contributed by atoms with Gasteiger partial charge in [-0.05, 0) is 24.5 Å². The average Bonchev–Trinajstić information content (AvgIpc) is 3.47. The number of anilines is 1. The Morgan fingerprint density at radius 3 is 2.54 bits per heavy atom. The summed E-state index contributed by atoms with van der Waals surface area (Å²) in [5.41, 5.74) is -0.646. The molecule has 1 aliphatic heterocycles. The lowest BCUT2D eigenvalue weighted by Crippen LogP contribution is -2.43. The van der Waals surface area contributed by atoms with Crippen LogP contribution in [0.2, 0.25) is 0 Å². The Balaban J connectivity index is 1.68. The highest BCUT2D eigenvalue weighted by Crippen LogP contribution is 2.35. The highest BCUT2D eigenvalue weighted by Gasteiger charge is 2.37. The summed E-state index contributed by atoms with van der Waals surface area (Å²) in [5, 5.41) is 20.6. The van der Waals surface area contributed by atoms with Crippen molar-refractivity contribution in [2.75, 3.05) is 25.0 Å². The first-order valence-electron chi connectivity index (χ1n) is 11.1. The molecule has 2 N–H and O–H groups in total. The third kappa shape index (κ3) is 5.28. The number of rotatable bonds is 7. The van der Waals surface area contributed by atoms with Gasteiger partial charge in [-0.25, -0.2) is 9.78 Å². The quantitative estimate of drug-likeness (QED) is 0.342. The van der Waals surface area contributed by atoms with Crippen LogP contribution in [0.15, 0.2) is 47.6 Å². The second kappa shape index (κ2) is 9.84. The second-order valence-corrected chi connectivity index (χ2v) is 10.2. The molecule has 1 saturated heterocycles. The molecule has 37 heavy (non-hydrogen) atoms. The third-order valence-corrected chi connectivity index (χ3v) is 7.63. The maximum absolute atomic E-state index is 13.1. The van der Waals surface area contributed by atoms with Crippen LogP contribution in [0.3, 0.4) is 0 Å². The molecule has 2 unspecified atom stereocenters. The number of likely N-dealkylation sites (tertiary alicyclic amines) is 1. The molecule has 0 saturated carbocycles. The van der Waals surface area contributed by atoms with Gasteiger partial charge in [0.1, 0.15) is 18.4 Å². The van der Waals surface area contributed by atoms with Gasteiger partial charge in [-0.1, -0.05) is 25.1 Å². The molecule has 2 atom stereocenters. The van der Waals surface area contributed by atoms with Crippen LogP contribution < -0.4 is 10.6 Å². The Bertz CT molecular complexity index is 1430. The minimum Gasteiger partial charge on any atom is -0.374 e. The molecule has 1 aromatic carbocycles. The number of benzene rings is 1. The molecule has 1 aliphatic rings. The first-order valence-corrected chi connectivity index (χ1v) is 12.5. The molecule has 0 radical (unpaired) electrons. The molecule has 198 valence electrons. The van der Waals surface area contributed by atoms with Crippen molar-refractivity contribution in [3.05, 3.63) is 52.8 Å². The van der Waals surface area contributed by atoms with Crippen LogP contribution in [0.5, 0.6) is 0 Å². The molecule has 12 nitrogen and oxygen atoms in total. The predicted molar refractivity (Wildman–Crippen MR) is 125 cm³/mol. The molecule has 4 rings (SSSR count). The number of hydrogen-bond donors (Lipinski definition) is 2. The van der Waals surface area contributed by atoms with Gasteiger partial charge >= 0.3 is 17.9 Å². The van der Waals surface area contributed by atoms with E-state index in [9.17, 15) is 36.5 Å². The van der Waals surface area contributed by atoms with E-state index in [1.54, 1.807) is 6.07 Å².